The lowest BCUT2D eigenvalue weighted by Crippen LogP contribution is -1.99. The van der Waals surface area contributed by atoms with Gasteiger partial charge in [0.15, 0.2) is 28.7 Å². The summed E-state index contributed by atoms with van der Waals surface area (Å²) in [5, 5.41) is 10.3. The molecule has 0 aliphatic carbocycles. The van der Waals surface area contributed by atoms with Gasteiger partial charge in [-0.25, -0.2) is 0 Å². The topological polar surface area (TPSA) is 67.5 Å². The number of ketones is 2. The lowest BCUT2D eigenvalue weighted by Gasteiger charge is -2.03. The molecule has 4 heteroatoms. The molecule has 20 heavy (non-hydrogen) atoms. The molecule has 0 radical (unpaired) electrons. The lowest BCUT2D eigenvalue weighted by molar-refractivity contribution is 0.0976. The van der Waals surface area contributed by atoms with Gasteiger partial charge in [0.2, 0.25) is 0 Å². The van der Waals surface area contributed by atoms with Gasteiger partial charge in [-0.15, -0.1) is 0 Å². The third-order valence-electron chi connectivity index (χ3n) is 3.32. The zero-order chi connectivity index (χ0) is 14.7. The van der Waals surface area contributed by atoms with E-state index in [0.29, 0.717) is 17.4 Å². The average Bonchev–Trinajstić information content (AvgIpc) is 2.85. The van der Waals surface area contributed by atoms with E-state index in [4.69, 9.17) is 4.42 Å². The first-order valence-corrected chi connectivity index (χ1v) is 6.84. The van der Waals surface area contributed by atoms with Crippen LogP contribution in [0.5, 0.6) is 5.75 Å². The smallest absolute Gasteiger partial charge is 0.194 e. The number of rotatable bonds is 6. The number of phenolic OH excluding ortho intramolecular Hbond substituents is 1. The zero-order valence-corrected chi connectivity index (χ0v) is 11.7. The number of hydrogen-bond donors (Lipinski definition) is 1. The summed E-state index contributed by atoms with van der Waals surface area (Å²) in [5.74, 6) is -0.119. The van der Waals surface area contributed by atoms with Crippen molar-refractivity contribution < 1.29 is 19.1 Å². The summed E-state index contributed by atoms with van der Waals surface area (Å²) in [7, 11) is 0. The van der Waals surface area contributed by atoms with Crippen LogP contribution in [-0.4, -0.2) is 16.7 Å². The second-order valence-electron chi connectivity index (χ2n) is 4.92. The molecule has 4 nitrogen and oxygen atoms in total. The van der Waals surface area contributed by atoms with Gasteiger partial charge >= 0.3 is 0 Å². The summed E-state index contributed by atoms with van der Waals surface area (Å²) in [5.41, 5.74) is 0.710. The highest BCUT2D eigenvalue weighted by Crippen LogP contribution is 2.31. The first kappa shape index (κ1) is 14.3. The molecule has 106 valence electrons. The molecule has 2 rings (SSSR count). The molecular formula is C16H18O4. The molecule has 0 aliphatic rings. The maximum absolute atomic E-state index is 12.2. The second-order valence-corrected chi connectivity index (χ2v) is 4.92. The van der Waals surface area contributed by atoms with Crippen molar-refractivity contribution in [2.75, 3.05) is 0 Å². The Morgan fingerprint density at radius 1 is 1.25 bits per heavy atom. The van der Waals surface area contributed by atoms with E-state index in [0.717, 1.165) is 19.3 Å². The molecule has 0 bridgehead atoms. The van der Waals surface area contributed by atoms with Crippen molar-refractivity contribution in [3.8, 4) is 5.75 Å². The predicted octanol–water partition coefficient (Wildman–Crippen LogP) is 4.10. The minimum absolute atomic E-state index is 0.0133. The maximum atomic E-state index is 12.2. The van der Waals surface area contributed by atoms with E-state index in [1.807, 2.05) is 0 Å². The Morgan fingerprint density at radius 2 is 2.00 bits per heavy atom. The highest BCUT2D eigenvalue weighted by Gasteiger charge is 2.17. The monoisotopic (exact) mass is 274 g/mol. The standard InChI is InChI=1S/C16H18O4/c1-3-4-5-6-13(18)11-7-8-14(19)16-12(11)9-15(20-16)10(2)17/h7-9,19H,3-6H2,1-2H3. The van der Waals surface area contributed by atoms with E-state index in [9.17, 15) is 14.7 Å². The summed E-state index contributed by atoms with van der Waals surface area (Å²) >= 11 is 0. The van der Waals surface area contributed by atoms with Crippen LogP contribution in [0.3, 0.4) is 0 Å². The summed E-state index contributed by atoms with van der Waals surface area (Å²) in [6, 6.07) is 4.55. The summed E-state index contributed by atoms with van der Waals surface area (Å²) < 4.78 is 5.32. The number of unbranched alkanes of at least 4 members (excludes halogenated alkanes) is 2. The van der Waals surface area contributed by atoms with Crippen LogP contribution in [0.15, 0.2) is 22.6 Å². The molecular weight excluding hydrogens is 256 g/mol. The minimum Gasteiger partial charge on any atom is -0.504 e. The van der Waals surface area contributed by atoms with E-state index in [2.05, 4.69) is 6.92 Å². The van der Waals surface area contributed by atoms with Crippen LogP contribution in [0, 0.1) is 0 Å². The largest absolute Gasteiger partial charge is 0.504 e. The minimum atomic E-state index is -0.231. The van der Waals surface area contributed by atoms with Crippen molar-refractivity contribution in [3.63, 3.8) is 0 Å². The molecule has 0 aliphatic heterocycles. The van der Waals surface area contributed by atoms with Gasteiger partial charge in [0, 0.05) is 24.3 Å². The Balaban J connectivity index is 2.41. The number of carbonyl (C=O) groups excluding carboxylic acids is 2. The highest BCUT2D eigenvalue weighted by molar-refractivity contribution is 6.10. The van der Waals surface area contributed by atoms with Crippen molar-refractivity contribution in [2.45, 2.75) is 39.5 Å². The fraction of sp³-hybridized carbons (Fsp3) is 0.375. The third-order valence-corrected chi connectivity index (χ3v) is 3.32. The Hall–Kier alpha value is -2.10. The van der Waals surface area contributed by atoms with Crippen LogP contribution < -0.4 is 0 Å². The molecule has 0 saturated carbocycles. The van der Waals surface area contributed by atoms with Crippen molar-refractivity contribution in [3.05, 3.63) is 29.5 Å². The molecule has 1 heterocycles. The van der Waals surface area contributed by atoms with Crippen molar-refractivity contribution in [1.82, 2.24) is 0 Å². The molecule has 0 spiro atoms. The van der Waals surface area contributed by atoms with Gasteiger partial charge in [-0.2, -0.15) is 0 Å². The molecule has 0 amide bonds. The molecule has 0 saturated heterocycles. The third kappa shape index (κ3) is 2.74. The van der Waals surface area contributed by atoms with E-state index in [-0.39, 0.29) is 28.7 Å². The zero-order valence-electron chi connectivity index (χ0n) is 11.7. The van der Waals surface area contributed by atoms with Crippen LogP contribution in [0.4, 0.5) is 0 Å². The molecule has 0 fully saturated rings. The lowest BCUT2D eigenvalue weighted by atomic mass is 10.0. The van der Waals surface area contributed by atoms with Gasteiger partial charge in [0.25, 0.3) is 0 Å². The number of benzene rings is 1. The van der Waals surface area contributed by atoms with Crippen LogP contribution in [0.2, 0.25) is 0 Å². The fourth-order valence-electron chi connectivity index (χ4n) is 2.20. The quantitative estimate of drug-likeness (QED) is 0.636. The molecule has 0 atom stereocenters. The molecule has 1 aromatic heterocycles. The number of carbonyl (C=O) groups is 2. The molecule has 1 N–H and O–H groups in total. The van der Waals surface area contributed by atoms with Gasteiger partial charge in [0.1, 0.15) is 0 Å². The Kier molecular flexibility index (Phi) is 4.23. The molecule has 2 aromatic rings. The number of Topliss-reactive ketones (excluding diaryl/α,β-unsaturated/α-hetero) is 2. The highest BCUT2D eigenvalue weighted by atomic mass is 16.4. The van der Waals surface area contributed by atoms with E-state index >= 15 is 0 Å². The van der Waals surface area contributed by atoms with Gasteiger partial charge in [-0.3, -0.25) is 9.59 Å². The first-order chi connectivity index (χ1) is 9.54. The van der Waals surface area contributed by atoms with Crippen LogP contribution in [0.1, 0.15) is 60.4 Å². The molecule has 0 unspecified atom stereocenters. The Labute approximate surface area is 117 Å². The van der Waals surface area contributed by atoms with E-state index in [1.54, 1.807) is 6.07 Å². The maximum Gasteiger partial charge on any atom is 0.194 e. The van der Waals surface area contributed by atoms with Gasteiger partial charge in [-0.1, -0.05) is 19.8 Å². The van der Waals surface area contributed by atoms with Crippen molar-refractivity contribution in [2.24, 2.45) is 0 Å². The second kappa shape index (κ2) is 5.90. The van der Waals surface area contributed by atoms with Gasteiger partial charge in [-0.05, 0) is 24.6 Å². The number of aromatic hydroxyl groups is 1. The number of fused-ring (bicyclic) bond motifs is 1. The van der Waals surface area contributed by atoms with Crippen molar-refractivity contribution in [1.29, 1.82) is 0 Å². The Bertz CT molecular complexity index is 652. The average molecular weight is 274 g/mol. The fourth-order valence-corrected chi connectivity index (χ4v) is 2.20. The normalized spacial score (nSPS) is 10.9. The summed E-state index contributed by atoms with van der Waals surface area (Å²) in [4.78, 5) is 23.6. The van der Waals surface area contributed by atoms with Crippen LogP contribution >= 0.6 is 0 Å². The number of phenols is 1. The van der Waals surface area contributed by atoms with Gasteiger partial charge < -0.3 is 9.52 Å². The van der Waals surface area contributed by atoms with E-state index < -0.39 is 0 Å². The summed E-state index contributed by atoms with van der Waals surface area (Å²) in [6.07, 6.45) is 3.37. The van der Waals surface area contributed by atoms with Gasteiger partial charge in [0.05, 0.1) is 0 Å². The first-order valence-electron chi connectivity index (χ1n) is 6.84. The molecule has 1 aromatic carbocycles. The van der Waals surface area contributed by atoms with Crippen molar-refractivity contribution >= 4 is 22.5 Å². The van der Waals surface area contributed by atoms with E-state index in [1.165, 1.54) is 19.1 Å². The Morgan fingerprint density at radius 3 is 2.65 bits per heavy atom. The van der Waals surface area contributed by atoms with Crippen LogP contribution in [0.25, 0.3) is 11.0 Å². The number of furan rings is 1. The number of hydrogen-bond acceptors (Lipinski definition) is 4. The SMILES string of the molecule is CCCCCC(=O)c1ccc(O)c2oc(C(C)=O)cc12. The van der Waals surface area contributed by atoms with Crippen LogP contribution in [-0.2, 0) is 0 Å². The summed E-state index contributed by atoms with van der Waals surface area (Å²) in [6.45, 7) is 3.47. The predicted molar refractivity (Wildman–Crippen MR) is 76.4 cm³/mol.